The molecule has 0 heterocycles. The van der Waals surface area contributed by atoms with Gasteiger partial charge >= 0.3 is 0 Å². The molecule has 0 amide bonds. The van der Waals surface area contributed by atoms with Gasteiger partial charge in [-0.05, 0) is 55.0 Å². The molecule has 0 radical (unpaired) electrons. The van der Waals surface area contributed by atoms with Crippen LogP contribution in [-0.4, -0.2) is 0 Å². The molecule has 0 aromatic heterocycles. The normalized spacial score (nSPS) is 12.4. The van der Waals surface area contributed by atoms with E-state index in [2.05, 4.69) is 15.9 Å². The van der Waals surface area contributed by atoms with E-state index in [0.717, 1.165) is 19.8 Å². The van der Waals surface area contributed by atoms with Gasteiger partial charge in [0.25, 0.3) is 0 Å². The molecular formula is C14H13BrFNS. The van der Waals surface area contributed by atoms with E-state index in [-0.39, 0.29) is 11.9 Å². The summed E-state index contributed by atoms with van der Waals surface area (Å²) in [6.45, 7) is 1.86. The first kappa shape index (κ1) is 13.6. The Hall–Kier alpha value is -0.840. The zero-order valence-electron chi connectivity index (χ0n) is 9.86. The molecule has 4 heteroatoms. The summed E-state index contributed by atoms with van der Waals surface area (Å²) in [5.41, 5.74) is 6.71. The minimum Gasteiger partial charge on any atom is -0.324 e. The summed E-state index contributed by atoms with van der Waals surface area (Å²) in [6.07, 6.45) is 0. The van der Waals surface area contributed by atoms with E-state index in [1.165, 1.54) is 12.1 Å². The minimum absolute atomic E-state index is 0.182. The molecule has 2 rings (SSSR count). The van der Waals surface area contributed by atoms with Gasteiger partial charge < -0.3 is 5.73 Å². The van der Waals surface area contributed by atoms with Crippen LogP contribution in [0.3, 0.4) is 0 Å². The van der Waals surface area contributed by atoms with Gasteiger partial charge in [0, 0.05) is 20.3 Å². The SMILES string of the molecule is CC(N)c1cc(F)ccc1Sc1ccc(Br)cc1. The summed E-state index contributed by atoms with van der Waals surface area (Å²) < 4.78 is 14.3. The van der Waals surface area contributed by atoms with Crippen molar-refractivity contribution in [3.8, 4) is 0 Å². The van der Waals surface area contributed by atoms with Crippen LogP contribution in [0.2, 0.25) is 0 Å². The van der Waals surface area contributed by atoms with E-state index >= 15 is 0 Å². The number of rotatable bonds is 3. The number of benzene rings is 2. The molecule has 0 fully saturated rings. The molecule has 1 nitrogen and oxygen atoms in total. The highest BCUT2D eigenvalue weighted by Crippen LogP contribution is 2.33. The van der Waals surface area contributed by atoms with Crippen LogP contribution < -0.4 is 5.73 Å². The van der Waals surface area contributed by atoms with Crippen LogP contribution in [0.5, 0.6) is 0 Å². The average Bonchev–Trinajstić information content (AvgIpc) is 2.34. The van der Waals surface area contributed by atoms with Crippen molar-refractivity contribution in [3.05, 3.63) is 58.3 Å². The summed E-state index contributed by atoms with van der Waals surface area (Å²) in [5, 5.41) is 0. The Kier molecular flexibility index (Phi) is 4.43. The Morgan fingerprint density at radius 1 is 1.17 bits per heavy atom. The molecule has 2 aromatic carbocycles. The van der Waals surface area contributed by atoms with E-state index in [1.54, 1.807) is 17.8 Å². The Bertz CT molecular complexity index is 540. The van der Waals surface area contributed by atoms with Crippen molar-refractivity contribution < 1.29 is 4.39 Å². The van der Waals surface area contributed by atoms with Gasteiger partial charge in [0.2, 0.25) is 0 Å². The van der Waals surface area contributed by atoms with Gasteiger partial charge in [0.1, 0.15) is 5.82 Å². The van der Waals surface area contributed by atoms with Crippen LogP contribution in [0, 0.1) is 5.82 Å². The largest absolute Gasteiger partial charge is 0.324 e. The van der Waals surface area contributed by atoms with Crippen LogP contribution in [0.1, 0.15) is 18.5 Å². The predicted octanol–water partition coefficient (Wildman–Crippen LogP) is 4.76. The molecule has 0 bridgehead atoms. The molecule has 2 aromatic rings. The third-order valence-corrected chi connectivity index (χ3v) is 4.13. The molecular weight excluding hydrogens is 313 g/mol. The second-order valence-electron chi connectivity index (χ2n) is 4.03. The zero-order valence-corrected chi connectivity index (χ0v) is 12.3. The number of hydrogen-bond acceptors (Lipinski definition) is 2. The summed E-state index contributed by atoms with van der Waals surface area (Å²) in [4.78, 5) is 2.10. The van der Waals surface area contributed by atoms with E-state index in [9.17, 15) is 4.39 Å². The molecule has 0 spiro atoms. The highest BCUT2D eigenvalue weighted by Gasteiger charge is 2.09. The Morgan fingerprint density at radius 2 is 1.83 bits per heavy atom. The zero-order chi connectivity index (χ0) is 13.1. The molecule has 0 aliphatic heterocycles. The second-order valence-corrected chi connectivity index (χ2v) is 6.06. The van der Waals surface area contributed by atoms with Crippen molar-refractivity contribution in [2.24, 2.45) is 5.73 Å². The maximum atomic E-state index is 13.2. The number of nitrogens with two attached hydrogens (primary N) is 1. The molecule has 0 saturated carbocycles. The third kappa shape index (κ3) is 3.34. The van der Waals surface area contributed by atoms with Crippen LogP contribution in [0.4, 0.5) is 4.39 Å². The van der Waals surface area contributed by atoms with Gasteiger partial charge in [-0.2, -0.15) is 0 Å². The topological polar surface area (TPSA) is 26.0 Å². The van der Waals surface area contributed by atoms with E-state index in [1.807, 2.05) is 31.2 Å². The van der Waals surface area contributed by atoms with Crippen molar-refractivity contribution in [2.75, 3.05) is 0 Å². The van der Waals surface area contributed by atoms with Gasteiger partial charge in [-0.3, -0.25) is 0 Å². The van der Waals surface area contributed by atoms with E-state index < -0.39 is 0 Å². The Labute approximate surface area is 119 Å². The lowest BCUT2D eigenvalue weighted by Gasteiger charge is -2.12. The standard InChI is InChI=1S/C14H13BrFNS/c1-9(17)13-8-11(16)4-7-14(13)18-12-5-2-10(15)3-6-12/h2-9H,17H2,1H3. The Morgan fingerprint density at radius 3 is 2.44 bits per heavy atom. The molecule has 94 valence electrons. The first-order chi connectivity index (χ1) is 8.56. The third-order valence-electron chi connectivity index (χ3n) is 2.50. The van der Waals surface area contributed by atoms with Crippen molar-refractivity contribution in [1.29, 1.82) is 0 Å². The highest BCUT2D eigenvalue weighted by molar-refractivity contribution is 9.10. The smallest absolute Gasteiger partial charge is 0.123 e. The molecule has 2 N–H and O–H groups in total. The van der Waals surface area contributed by atoms with E-state index in [4.69, 9.17) is 5.73 Å². The van der Waals surface area contributed by atoms with Gasteiger partial charge in [-0.15, -0.1) is 0 Å². The second kappa shape index (κ2) is 5.87. The fourth-order valence-corrected chi connectivity index (χ4v) is 2.89. The lowest BCUT2D eigenvalue weighted by Crippen LogP contribution is -2.06. The fraction of sp³-hybridized carbons (Fsp3) is 0.143. The average molecular weight is 326 g/mol. The van der Waals surface area contributed by atoms with Crippen LogP contribution in [0.25, 0.3) is 0 Å². The first-order valence-electron chi connectivity index (χ1n) is 5.54. The van der Waals surface area contributed by atoms with Gasteiger partial charge in [0.15, 0.2) is 0 Å². The highest BCUT2D eigenvalue weighted by atomic mass is 79.9. The summed E-state index contributed by atoms with van der Waals surface area (Å²) >= 11 is 4.99. The maximum Gasteiger partial charge on any atom is 0.123 e. The van der Waals surface area contributed by atoms with Crippen molar-refractivity contribution in [1.82, 2.24) is 0 Å². The quantitative estimate of drug-likeness (QED) is 0.880. The van der Waals surface area contributed by atoms with Crippen molar-refractivity contribution in [2.45, 2.75) is 22.8 Å². The Balaban J connectivity index is 2.31. The maximum absolute atomic E-state index is 13.2. The lowest BCUT2D eigenvalue weighted by molar-refractivity contribution is 0.619. The lowest BCUT2D eigenvalue weighted by atomic mass is 10.1. The number of halogens is 2. The first-order valence-corrected chi connectivity index (χ1v) is 7.15. The van der Waals surface area contributed by atoms with Gasteiger partial charge in [-0.25, -0.2) is 4.39 Å². The summed E-state index contributed by atoms with van der Waals surface area (Å²) in [6, 6.07) is 12.6. The van der Waals surface area contributed by atoms with Crippen molar-refractivity contribution >= 4 is 27.7 Å². The number of hydrogen-bond donors (Lipinski definition) is 1. The summed E-state index contributed by atoms with van der Waals surface area (Å²) in [7, 11) is 0. The monoisotopic (exact) mass is 325 g/mol. The molecule has 1 unspecified atom stereocenters. The molecule has 0 aliphatic carbocycles. The summed E-state index contributed by atoms with van der Waals surface area (Å²) in [5.74, 6) is -0.248. The minimum atomic E-state index is -0.248. The van der Waals surface area contributed by atoms with Gasteiger partial charge in [-0.1, -0.05) is 27.7 Å². The molecule has 0 saturated heterocycles. The van der Waals surface area contributed by atoms with Crippen LogP contribution in [-0.2, 0) is 0 Å². The predicted molar refractivity (Wildman–Crippen MR) is 77.3 cm³/mol. The van der Waals surface area contributed by atoms with Crippen molar-refractivity contribution in [3.63, 3.8) is 0 Å². The molecule has 1 atom stereocenters. The molecule has 18 heavy (non-hydrogen) atoms. The van der Waals surface area contributed by atoms with Crippen LogP contribution in [0.15, 0.2) is 56.7 Å². The van der Waals surface area contributed by atoms with Crippen LogP contribution >= 0.6 is 27.7 Å². The fourth-order valence-electron chi connectivity index (χ4n) is 1.60. The molecule has 0 aliphatic rings. The van der Waals surface area contributed by atoms with E-state index in [0.29, 0.717) is 0 Å². The van der Waals surface area contributed by atoms with Gasteiger partial charge in [0.05, 0.1) is 0 Å².